The number of carboxylic acids is 1. The molecule has 5 heteroatoms. The van der Waals surface area contributed by atoms with Crippen molar-refractivity contribution in [3.8, 4) is 0 Å². The van der Waals surface area contributed by atoms with E-state index in [1.165, 1.54) is 0 Å². The summed E-state index contributed by atoms with van der Waals surface area (Å²) in [5.41, 5.74) is 5.87. The van der Waals surface area contributed by atoms with Crippen molar-refractivity contribution >= 4 is 11.9 Å². The van der Waals surface area contributed by atoms with Gasteiger partial charge in [0.2, 0.25) is 5.91 Å². The first-order valence-corrected chi connectivity index (χ1v) is 6.55. The quantitative estimate of drug-likeness (QED) is 0.758. The van der Waals surface area contributed by atoms with Crippen LogP contribution < -0.4 is 11.1 Å². The summed E-state index contributed by atoms with van der Waals surface area (Å²) in [6, 6.07) is 8.17. The molecule has 0 spiro atoms. The fourth-order valence-corrected chi connectivity index (χ4v) is 1.97. The molecule has 110 valence electrons. The van der Waals surface area contributed by atoms with E-state index in [0.29, 0.717) is 0 Å². The maximum atomic E-state index is 12.3. The van der Waals surface area contributed by atoms with Crippen molar-refractivity contribution in [1.29, 1.82) is 0 Å². The molecule has 0 aliphatic heterocycles. The van der Waals surface area contributed by atoms with Gasteiger partial charge in [-0.05, 0) is 11.0 Å². The molecule has 1 rings (SSSR count). The Morgan fingerprint density at radius 1 is 1.25 bits per heavy atom. The van der Waals surface area contributed by atoms with Gasteiger partial charge in [-0.15, -0.1) is 0 Å². The van der Waals surface area contributed by atoms with Crippen LogP contribution in [0.5, 0.6) is 0 Å². The third-order valence-electron chi connectivity index (χ3n) is 3.15. The van der Waals surface area contributed by atoms with E-state index < -0.39 is 23.3 Å². The second-order valence-corrected chi connectivity index (χ2v) is 5.84. The Hall–Kier alpha value is -1.88. The average molecular weight is 278 g/mol. The summed E-state index contributed by atoms with van der Waals surface area (Å²) in [5.74, 6) is -1.95. The van der Waals surface area contributed by atoms with E-state index in [-0.39, 0.29) is 12.5 Å². The van der Waals surface area contributed by atoms with Gasteiger partial charge in [-0.2, -0.15) is 0 Å². The molecule has 0 heterocycles. The lowest BCUT2D eigenvalue weighted by molar-refractivity contribution is -0.145. The fourth-order valence-electron chi connectivity index (χ4n) is 1.97. The van der Waals surface area contributed by atoms with Crippen LogP contribution in [0.1, 0.15) is 32.3 Å². The second-order valence-electron chi connectivity index (χ2n) is 5.84. The van der Waals surface area contributed by atoms with Crippen LogP contribution in [0.2, 0.25) is 0 Å². The van der Waals surface area contributed by atoms with Gasteiger partial charge in [0, 0.05) is 6.54 Å². The summed E-state index contributed by atoms with van der Waals surface area (Å²) >= 11 is 0. The van der Waals surface area contributed by atoms with E-state index in [2.05, 4.69) is 5.32 Å². The van der Waals surface area contributed by atoms with Crippen molar-refractivity contribution in [2.75, 3.05) is 6.54 Å². The van der Waals surface area contributed by atoms with E-state index >= 15 is 0 Å². The Morgan fingerprint density at radius 3 is 2.20 bits per heavy atom. The third-order valence-corrected chi connectivity index (χ3v) is 3.15. The van der Waals surface area contributed by atoms with Crippen LogP contribution in [0.4, 0.5) is 0 Å². The first-order chi connectivity index (χ1) is 9.27. The van der Waals surface area contributed by atoms with Gasteiger partial charge in [-0.1, -0.05) is 51.1 Å². The Kier molecular flexibility index (Phi) is 5.27. The molecule has 0 saturated carbocycles. The van der Waals surface area contributed by atoms with Crippen molar-refractivity contribution < 1.29 is 14.7 Å². The van der Waals surface area contributed by atoms with Gasteiger partial charge in [0.1, 0.15) is 6.04 Å². The lowest BCUT2D eigenvalue weighted by Gasteiger charge is -2.29. The number of carboxylic acid groups (broad SMARTS) is 1. The van der Waals surface area contributed by atoms with E-state index in [1.54, 1.807) is 20.8 Å². The SMILES string of the molecule is CC(C)(C)[C@@H](NC(=O)C(CN)c1ccccc1)C(=O)O. The number of aliphatic carboxylic acids is 1. The highest BCUT2D eigenvalue weighted by Crippen LogP contribution is 2.21. The minimum atomic E-state index is -1.05. The molecule has 20 heavy (non-hydrogen) atoms. The zero-order valence-electron chi connectivity index (χ0n) is 12.1. The van der Waals surface area contributed by atoms with Crippen LogP contribution >= 0.6 is 0 Å². The third kappa shape index (κ3) is 4.06. The van der Waals surface area contributed by atoms with Gasteiger partial charge in [-0.3, -0.25) is 4.79 Å². The minimum absolute atomic E-state index is 0.131. The minimum Gasteiger partial charge on any atom is -0.480 e. The Morgan fingerprint density at radius 2 is 1.80 bits per heavy atom. The normalized spacial score (nSPS) is 14.4. The second kappa shape index (κ2) is 6.52. The molecular weight excluding hydrogens is 256 g/mol. The first-order valence-electron chi connectivity index (χ1n) is 6.55. The number of rotatable bonds is 5. The topological polar surface area (TPSA) is 92.4 Å². The molecule has 2 atom stereocenters. The zero-order chi connectivity index (χ0) is 15.3. The average Bonchev–Trinajstić information content (AvgIpc) is 2.36. The molecule has 0 aromatic heterocycles. The van der Waals surface area contributed by atoms with Gasteiger partial charge >= 0.3 is 5.97 Å². The van der Waals surface area contributed by atoms with Crippen LogP contribution in [-0.4, -0.2) is 29.6 Å². The molecule has 1 amide bonds. The van der Waals surface area contributed by atoms with Crippen LogP contribution in [-0.2, 0) is 9.59 Å². The smallest absolute Gasteiger partial charge is 0.326 e. The monoisotopic (exact) mass is 278 g/mol. The Labute approximate surface area is 119 Å². The number of benzene rings is 1. The molecule has 4 N–H and O–H groups in total. The summed E-state index contributed by atoms with van der Waals surface area (Å²) in [4.78, 5) is 23.6. The molecule has 0 radical (unpaired) electrons. The number of carbonyl (C=O) groups excluding carboxylic acids is 1. The van der Waals surface area contributed by atoms with Gasteiger partial charge in [0.25, 0.3) is 0 Å². The summed E-state index contributed by atoms with van der Waals surface area (Å²) in [6.45, 7) is 5.44. The molecule has 0 saturated heterocycles. The number of amides is 1. The summed E-state index contributed by atoms with van der Waals surface area (Å²) in [7, 11) is 0. The van der Waals surface area contributed by atoms with E-state index in [0.717, 1.165) is 5.56 Å². The molecule has 1 aromatic rings. The van der Waals surface area contributed by atoms with Crippen molar-refractivity contribution in [2.45, 2.75) is 32.7 Å². The van der Waals surface area contributed by atoms with Gasteiger partial charge in [0.05, 0.1) is 5.92 Å². The van der Waals surface area contributed by atoms with Crippen LogP contribution in [0.15, 0.2) is 30.3 Å². The predicted octanol–water partition coefficient (Wildman–Crippen LogP) is 1.34. The maximum absolute atomic E-state index is 12.3. The first kappa shape index (κ1) is 16.2. The highest BCUT2D eigenvalue weighted by atomic mass is 16.4. The highest BCUT2D eigenvalue weighted by molar-refractivity contribution is 5.88. The molecular formula is C15H22N2O3. The highest BCUT2D eigenvalue weighted by Gasteiger charge is 2.34. The Balaban J connectivity index is 2.90. The van der Waals surface area contributed by atoms with Gasteiger partial charge in [0.15, 0.2) is 0 Å². The summed E-state index contributed by atoms with van der Waals surface area (Å²) in [5, 5.41) is 11.8. The molecule has 1 aromatic carbocycles. The van der Waals surface area contributed by atoms with Crippen molar-refractivity contribution in [3.05, 3.63) is 35.9 Å². The molecule has 0 aliphatic rings. The molecule has 1 unspecified atom stereocenters. The standard InChI is InChI=1S/C15H22N2O3/c1-15(2,3)12(14(19)20)17-13(18)11(9-16)10-7-5-4-6-8-10/h4-8,11-12H,9,16H2,1-3H3,(H,17,18)(H,19,20)/t11?,12-/m0/s1. The van der Waals surface area contributed by atoms with Crippen molar-refractivity contribution in [1.82, 2.24) is 5.32 Å². The van der Waals surface area contributed by atoms with Crippen molar-refractivity contribution in [3.63, 3.8) is 0 Å². The largest absolute Gasteiger partial charge is 0.480 e. The fraction of sp³-hybridized carbons (Fsp3) is 0.467. The lowest BCUT2D eigenvalue weighted by Crippen LogP contribution is -2.51. The number of hydrogen-bond acceptors (Lipinski definition) is 3. The molecule has 0 bridgehead atoms. The predicted molar refractivity (Wildman–Crippen MR) is 77.3 cm³/mol. The van der Waals surface area contributed by atoms with Crippen LogP contribution in [0, 0.1) is 5.41 Å². The molecule has 0 fully saturated rings. The molecule has 0 aliphatic carbocycles. The lowest BCUT2D eigenvalue weighted by atomic mass is 9.86. The number of hydrogen-bond donors (Lipinski definition) is 3. The van der Waals surface area contributed by atoms with E-state index in [9.17, 15) is 14.7 Å². The summed E-state index contributed by atoms with van der Waals surface area (Å²) in [6.07, 6.45) is 0. The van der Waals surface area contributed by atoms with E-state index in [4.69, 9.17) is 5.73 Å². The number of nitrogens with one attached hydrogen (secondary N) is 1. The van der Waals surface area contributed by atoms with Crippen molar-refractivity contribution in [2.24, 2.45) is 11.1 Å². The number of nitrogens with two attached hydrogens (primary N) is 1. The van der Waals surface area contributed by atoms with E-state index in [1.807, 2.05) is 30.3 Å². The Bertz CT molecular complexity index is 466. The molecule has 5 nitrogen and oxygen atoms in total. The van der Waals surface area contributed by atoms with Crippen LogP contribution in [0.25, 0.3) is 0 Å². The van der Waals surface area contributed by atoms with Gasteiger partial charge < -0.3 is 16.2 Å². The van der Waals surface area contributed by atoms with Gasteiger partial charge in [-0.25, -0.2) is 4.79 Å². The zero-order valence-corrected chi connectivity index (χ0v) is 12.1. The summed E-state index contributed by atoms with van der Waals surface area (Å²) < 4.78 is 0. The van der Waals surface area contributed by atoms with Crippen LogP contribution in [0.3, 0.4) is 0 Å². The maximum Gasteiger partial charge on any atom is 0.326 e. The number of carbonyl (C=O) groups is 2.